The molecule has 0 heterocycles. The zero-order valence-electron chi connectivity index (χ0n) is 14.5. The number of carbonyl (C=O) groups excluding carboxylic acids is 2. The molecule has 0 aliphatic carbocycles. The van der Waals surface area contributed by atoms with Crippen LogP contribution < -0.4 is 25.1 Å². The average Bonchev–Trinajstić information content (AvgIpc) is 2.70. The summed E-state index contributed by atoms with van der Waals surface area (Å²) in [4.78, 5) is 24.4. The lowest BCUT2D eigenvalue weighted by Gasteiger charge is -2.14. The second-order valence-electron chi connectivity index (χ2n) is 5.01. The van der Waals surface area contributed by atoms with Crippen molar-refractivity contribution < 1.29 is 23.8 Å². The molecule has 2 aromatic carbocycles. The molecule has 0 fully saturated rings. The molecule has 0 aromatic heterocycles. The Labute approximate surface area is 150 Å². The zero-order valence-corrected chi connectivity index (χ0v) is 14.5. The van der Waals surface area contributed by atoms with Crippen LogP contribution in [-0.4, -0.2) is 33.1 Å². The molecule has 2 N–H and O–H groups in total. The number of ether oxygens (including phenoxy) is 3. The fourth-order valence-corrected chi connectivity index (χ4v) is 2.20. The van der Waals surface area contributed by atoms with E-state index >= 15 is 0 Å². The number of amides is 2. The molecule has 0 saturated heterocycles. The number of hydrazine groups is 1. The SMILES string of the molecule is COc1cc(C(=O)NNC(=O)c2cccc(C#N)c2)cc(OC)c1OC. The van der Waals surface area contributed by atoms with Gasteiger partial charge in [0.1, 0.15) is 0 Å². The lowest BCUT2D eigenvalue weighted by Crippen LogP contribution is -2.41. The molecule has 0 saturated carbocycles. The first-order chi connectivity index (χ1) is 12.5. The van der Waals surface area contributed by atoms with Crippen LogP contribution in [0.4, 0.5) is 0 Å². The maximum Gasteiger partial charge on any atom is 0.269 e. The van der Waals surface area contributed by atoms with Gasteiger partial charge in [0.15, 0.2) is 11.5 Å². The van der Waals surface area contributed by atoms with Crippen molar-refractivity contribution in [1.29, 1.82) is 5.26 Å². The predicted octanol–water partition coefficient (Wildman–Crippen LogP) is 1.66. The summed E-state index contributed by atoms with van der Waals surface area (Å²) in [5.41, 5.74) is 5.38. The molecule has 0 atom stereocenters. The van der Waals surface area contributed by atoms with Crippen LogP contribution in [0.25, 0.3) is 0 Å². The number of hydrogen-bond acceptors (Lipinski definition) is 6. The monoisotopic (exact) mass is 355 g/mol. The van der Waals surface area contributed by atoms with Crippen LogP contribution in [0.3, 0.4) is 0 Å². The minimum Gasteiger partial charge on any atom is -0.493 e. The first-order valence-electron chi connectivity index (χ1n) is 7.45. The molecule has 8 heteroatoms. The zero-order chi connectivity index (χ0) is 19.1. The van der Waals surface area contributed by atoms with Crippen LogP contribution in [0.5, 0.6) is 17.2 Å². The second-order valence-corrected chi connectivity index (χ2v) is 5.01. The fraction of sp³-hybridized carbons (Fsp3) is 0.167. The molecule has 2 amide bonds. The lowest BCUT2D eigenvalue weighted by molar-refractivity contribution is 0.0846. The highest BCUT2D eigenvalue weighted by Gasteiger charge is 2.17. The van der Waals surface area contributed by atoms with Gasteiger partial charge in [-0.15, -0.1) is 0 Å². The van der Waals surface area contributed by atoms with Gasteiger partial charge in [0.25, 0.3) is 11.8 Å². The topological polar surface area (TPSA) is 110 Å². The van der Waals surface area contributed by atoms with Gasteiger partial charge in [0.05, 0.1) is 33.0 Å². The Hall–Kier alpha value is -3.73. The van der Waals surface area contributed by atoms with Gasteiger partial charge in [0.2, 0.25) is 5.75 Å². The molecule has 134 valence electrons. The minimum absolute atomic E-state index is 0.200. The summed E-state index contributed by atoms with van der Waals surface area (Å²) in [6.07, 6.45) is 0. The van der Waals surface area contributed by atoms with E-state index in [-0.39, 0.29) is 11.1 Å². The lowest BCUT2D eigenvalue weighted by atomic mass is 10.1. The Morgan fingerprint density at radius 3 is 1.96 bits per heavy atom. The van der Waals surface area contributed by atoms with Crippen molar-refractivity contribution in [2.24, 2.45) is 0 Å². The molecule has 0 aliphatic heterocycles. The van der Waals surface area contributed by atoms with Crippen molar-refractivity contribution in [3.05, 3.63) is 53.1 Å². The van der Waals surface area contributed by atoms with Crippen LogP contribution in [0, 0.1) is 11.3 Å². The van der Waals surface area contributed by atoms with Crippen molar-refractivity contribution >= 4 is 11.8 Å². The van der Waals surface area contributed by atoms with Gasteiger partial charge in [-0.3, -0.25) is 20.4 Å². The highest BCUT2D eigenvalue weighted by molar-refractivity contribution is 5.99. The highest BCUT2D eigenvalue weighted by Crippen LogP contribution is 2.38. The smallest absolute Gasteiger partial charge is 0.269 e. The Balaban J connectivity index is 2.15. The van der Waals surface area contributed by atoms with Gasteiger partial charge in [-0.2, -0.15) is 5.26 Å². The van der Waals surface area contributed by atoms with E-state index in [0.717, 1.165) is 0 Å². The average molecular weight is 355 g/mol. The molecule has 0 radical (unpaired) electrons. The number of rotatable bonds is 5. The van der Waals surface area contributed by atoms with E-state index in [0.29, 0.717) is 22.8 Å². The molecule has 2 aromatic rings. The molecule has 8 nitrogen and oxygen atoms in total. The van der Waals surface area contributed by atoms with E-state index in [1.165, 1.54) is 45.6 Å². The third-order valence-electron chi connectivity index (χ3n) is 3.47. The van der Waals surface area contributed by atoms with Crippen LogP contribution in [0.2, 0.25) is 0 Å². The summed E-state index contributed by atoms with van der Waals surface area (Å²) in [5.74, 6) is -0.157. The van der Waals surface area contributed by atoms with Crippen LogP contribution >= 0.6 is 0 Å². The Bertz CT molecular complexity index is 848. The number of methoxy groups -OCH3 is 3. The highest BCUT2D eigenvalue weighted by atomic mass is 16.5. The van der Waals surface area contributed by atoms with Crippen LogP contribution in [-0.2, 0) is 0 Å². The van der Waals surface area contributed by atoms with E-state index in [2.05, 4.69) is 10.9 Å². The van der Waals surface area contributed by atoms with Gasteiger partial charge in [0, 0.05) is 11.1 Å². The third-order valence-corrected chi connectivity index (χ3v) is 3.47. The van der Waals surface area contributed by atoms with Crippen LogP contribution in [0.1, 0.15) is 26.3 Å². The van der Waals surface area contributed by atoms with Gasteiger partial charge >= 0.3 is 0 Å². The van der Waals surface area contributed by atoms with E-state index in [1.807, 2.05) is 6.07 Å². The van der Waals surface area contributed by atoms with E-state index in [4.69, 9.17) is 19.5 Å². The first-order valence-corrected chi connectivity index (χ1v) is 7.45. The fourth-order valence-electron chi connectivity index (χ4n) is 2.20. The Morgan fingerprint density at radius 2 is 1.46 bits per heavy atom. The molecule has 0 unspecified atom stereocenters. The Kier molecular flexibility index (Phi) is 6.01. The van der Waals surface area contributed by atoms with Crippen molar-refractivity contribution in [2.45, 2.75) is 0 Å². The van der Waals surface area contributed by atoms with E-state index in [1.54, 1.807) is 12.1 Å². The van der Waals surface area contributed by atoms with Crippen LogP contribution in [0.15, 0.2) is 36.4 Å². The molecule has 26 heavy (non-hydrogen) atoms. The summed E-state index contributed by atoms with van der Waals surface area (Å²) in [6, 6.07) is 11.0. The number of hydrogen-bond donors (Lipinski definition) is 2. The van der Waals surface area contributed by atoms with Gasteiger partial charge in [-0.25, -0.2) is 0 Å². The Morgan fingerprint density at radius 1 is 0.885 bits per heavy atom. The molecule has 2 rings (SSSR count). The van der Waals surface area contributed by atoms with Gasteiger partial charge < -0.3 is 14.2 Å². The first kappa shape index (κ1) is 18.6. The maximum atomic E-state index is 12.3. The summed E-state index contributed by atoms with van der Waals surface area (Å²) in [7, 11) is 4.32. The maximum absolute atomic E-state index is 12.3. The van der Waals surface area contributed by atoms with Crippen molar-refractivity contribution in [3.63, 3.8) is 0 Å². The summed E-state index contributed by atoms with van der Waals surface area (Å²) < 4.78 is 15.6. The summed E-state index contributed by atoms with van der Waals surface area (Å²) >= 11 is 0. The number of nitriles is 1. The second kappa shape index (κ2) is 8.39. The van der Waals surface area contributed by atoms with Gasteiger partial charge in [-0.1, -0.05) is 6.07 Å². The number of nitrogens with one attached hydrogen (secondary N) is 2. The standard InChI is InChI=1S/C18H17N3O5/c1-24-14-8-13(9-15(25-2)16(14)26-3)18(23)21-20-17(22)12-6-4-5-11(7-12)10-19/h4-9H,1-3H3,(H,20,22)(H,21,23). The van der Waals surface area contributed by atoms with Gasteiger partial charge in [-0.05, 0) is 30.3 Å². The van der Waals surface area contributed by atoms with Crippen molar-refractivity contribution in [3.8, 4) is 23.3 Å². The predicted molar refractivity (Wildman–Crippen MR) is 92.2 cm³/mol. The molecular weight excluding hydrogens is 338 g/mol. The molecule has 0 aliphatic rings. The minimum atomic E-state index is -0.575. The number of carbonyl (C=O) groups is 2. The van der Waals surface area contributed by atoms with Crippen molar-refractivity contribution in [1.82, 2.24) is 10.9 Å². The van der Waals surface area contributed by atoms with E-state index < -0.39 is 11.8 Å². The molecule has 0 spiro atoms. The molecule has 0 bridgehead atoms. The number of nitrogens with zero attached hydrogens (tertiary/aromatic N) is 1. The molecular formula is C18H17N3O5. The summed E-state index contributed by atoms with van der Waals surface area (Å²) in [5, 5.41) is 8.87. The third kappa shape index (κ3) is 4.02. The van der Waals surface area contributed by atoms with Crippen molar-refractivity contribution in [2.75, 3.05) is 21.3 Å². The normalized spacial score (nSPS) is 9.62. The number of benzene rings is 2. The summed E-state index contributed by atoms with van der Waals surface area (Å²) in [6.45, 7) is 0. The largest absolute Gasteiger partial charge is 0.493 e. The quantitative estimate of drug-likeness (QED) is 0.790. The van der Waals surface area contributed by atoms with E-state index in [9.17, 15) is 9.59 Å².